The van der Waals surface area contributed by atoms with Crippen molar-refractivity contribution in [3.8, 4) is 0 Å². The van der Waals surface area contributed by atoms with Crippen LogP contribution in [0.4, 0.5) is 0 Å². The summed E-state index contributed by atoms with van der Waals surface area (Å²) in [5, 5.41) is 8.93. The summed E-state index contributed by atoms with van der Waals surface area (Å²) in [5.41, 5.74) is 1.26. The number of hydrogen-bond donors (Lipinski definition) is 1. The highest BCUT2D eigenvalue weighted by atomic mass is 32.2. The monoisotopic (exact) mass is 296 g/mol. The van der Waals surface area contributed by atoms with E-state index >= 15 is 0 Å². The number of carboxylic acids is 1. The maximum atomic E-state index is 11.9. The maximum Gasteiger partial charge on any atom is 0.304 e. The van der Waals surface area contributed by atoms with Gasteiger partial charge in [0.2, 0.25) is 0 Å². The number of sulfone groups is 1. The smallest absolute Gasteiger partial charge is 0.304 e. The molecule has 0 unspecified atom stereocenters. The molecule has 1 aromatic rings. The van der Waals surface area contributed by atoms with Crippen LogP contribution in [0.25, 0.3) is 0 Å². The Kier molecular flexibility index (Phi) is 3.45. The van der Waals surface area contributed by atoms with Crippen molar-refractivity contribution in [2.24, 2.45) is 0 Å². The molecular formula is C15H20O4S. The van der Waals surface area contributed by atoms with Crippen molar-refractivity contribution >= 4 is 15.8 Å². The lowest BCUT2D eigenvalue weighted by molar-refractivity contribution is -0.138. The normalized spacial score (nSPS) is 17.8. The van der Waals surface area contributed by atoms with E-state index in [1.54, 1.807) is 0 Å². The van der Waals surface area contributed by atoms with Crippen LogP contribution in [0.2, 0.25) is 0 Å². The van der Waals surface area contributed by atoms with E-state index in [0.717, 1.165) is 11.1 Å². The fraction of sp³-hybridized carbons (Fsp3) is 0.533. The van der Waals surface area contributed by atoms with E-state index in [4.69, 9.17) is 5.11 Å². The lowest BCUT2D eigenvalue weighted by Gasteiger charge is -2.24. The summed E-state index contributed by atoms with van der Waals surface area (Å²) in [5.74, 6) is -0.839. The topological polar surface area (TPSA) is 71.4 Å². The number of carbonyl (C=O) groups is 1. The lowest BCUT2D eigenvalue weighted by atomic mass is 9.81. The molecule has 0 aliphatic heterocycles. The van der Waals surface area contributed by atoms with Gasteiger partial charge in [-0.05, 0) is 24.0 Å². The first-order chi connectivity index (χ1) is 9.08. The molecule has 5 heteroatoms. The summed E-state index contributed by atoms with van der Waals surface area (Å²) < 4.78 is 23.0. The molecule has 1 aromatic carbocycles. The van der Waals surface area contributed by atoms with Gasteiger partial charge in [-0.25, -0.2) is 8.42 Å². The number of aliphatic carboxylic acids is 1. The van der Waals surface area contributed by atoms with Crippen LogP contribution in [0.15, 0.2) is 24.3 Å². The molecule has 110 valence electrons. The van der Waals surface area contributed by atoms with E-state index in [0.29, 0.717) is 12.8 Å². The second kappa shape index (κ2) is 4.58. The summed E-state index contributed by atoms with van der Waals surface area (Å²) in [6.07, 6.45) is 2.67. The predicted octanol–water partition coefficient (Wildman–Crippen LogP) is 2.47. The molecule has 4 nitrogen and oxygen atoms in total. The Labute approximate surface area is 119 Å². The molecule has 0 radical (unpaired) electrons. The number of hydrogen-bond acceptors (Lipinski definition) is 3. The molecule has 0 amide bonds. The molecule has 1 aliphatic carbocycles. The van der Waals surface area contributed by atoms with Crippen LogP contribution in [-0.2, 0) is 24.8 Å². The van der Waals surface area contributed by atoms with Gasteiger partial charge in [0.25, 0.3) is 0 Å². The van der Waals surface area contributed by atoms with Gasteiger partial charge < -0.3 is 5.11 Å². The quantitative estimate of drug-likeness (QED) is 0.906. The van der Waals surface area contributed by atoms with Gasteiger partial charge in [-0.2, -0.15) is 0 Å². The van der Waals surface area contributed by atoms with Crippen molar-refractivity contribution in [1.29, 1.82) is 0 Å². The van der Waals surface area contributed by atoms with E-state index in [1.165, 1.54) is 6.26 Å². The first kappa shape index (κ1) is 15.0. The van der Waals surface area contributed by atoms with Gasteiger partial charge >= 0.3 is 5.97 Å². The first-order valence-corrected chi connectivity index (χ1v) is 8.50. The van der Waals surface area contributed by atoms with Crippen LogP contribution in [0.1, 0.15) is 44.2 Å². The fourth-order valence-electron chi connectivity index (χ4n) is 2.69. The summed E-state index contributed by atoms with van der Waals surface area (Å²) in [6.45, 7) is 3.75. The third-order valence-corrected chi connectivity index (χ3v) is 6.26. The predicted molar refractivity (Wildman–Crippen MR) is 77.5 cm³/mol. The zero-order chi connectivity index (χ0) is 15.2. The van der Waals surface area contributed by atoms with Crippen molar-refractivity contribution in [3.63, 3.8) is 0 Å². The van der Waals surface area contributed by atoms with Gasteiger partial charge in [0.1, 0.15) is 0 Å². The molecule has 0 bridgehead atoms. The standard InChI is InChI=1S/C15H20O4S/c1-14(2,10-13(16)17)11-4-6-12(7-5-11)15(8-9-15)20(3,18)19/h4-7H,8-10H2,1-3H3,(H,16,17). The Morgan fingerprint density at radius 3 is 2.10 bits per heavy atom. The van der Waals surface area contributed by atoms with Gasteiger partial charge in [-0.15, -0.1) is 0 Å². The zero-order valence-electron chi connectivity index (χ0n) is 12.0. The van der Waals surface area contributed by atoms with Crippen molar-refractivity contribution in [3.05, 3.63) is 35.4 Å². The second-order valence-corrected chi connectivity index (χ2v) is 8.62. The highest BCUT2D eigenvalue weighted by Crippen LogP contribution is 2.52. The lowest BCUT2D eigenvalue weighted by Crippen LogP contribution is -2.23. The summed E-state index contributed by atoms with van der Waals surface area (Å²) in [7, 11) is -3.11. The zero-order valence-corrected chi connectivity index (χ0v) is 12.8. The van der Waals surface area contributed by atoms with Gasteiger partial charge in [0.05, 0.1) is 11.2 Å². The Morgan fingerprint density at radius 1 is 1.25 bits per heavy atom. The van der Waals surface area contributed by atoms with Gasteiger partial charge in [-0.3, -0.25) is 4.79 Å². The molecule has 1 fully saturated rings. The molecule has 1 saturated carbocycles. The highest BCUT2D eigenvalue weighted by molar-refractivity contribution is 7.92. The SMILES string of the molecule is CC(C)(CC(=O)O)c1ccc(C2(S(C)(=O)=O)CC2)cc1. The first-order valence-electron chi connectivity index (χ1n) is 6.61. The van der Waals surface area contributed by atoms with Crippen molar-refractivity contribution in [1.82, 2.24) is 0 Å². The molecule has 1 aliphatic rings. The molecule has 2 rings (SSSR count). The number of benzene rings is 1. The second-order valence-electron chi connectivity index (χ2n) is 6.30. The largest absolute Gasteiger partial charge is 0.481 e. The minimum absolute atomic E-state index is 0.0452. The van der Waals surface area contributed by atoms with E-state index in [1.807, 2.05) is 38.1 Å². The van der Waals surface area contributed by atoms with E-state index in [9.17, 15) is 13.2 Å². The van der Waals surface area contributed by atoms with Crippen molar-refractivity contribution in [2.45, 2.75) is 43.3 Å². The Bertz CT molecular complexity index is 622. The van der Waals surface area contributed by atoms with Crippen LogP contribution in [0.3, 0.4) is 0 Å². The molecule has 0 aromatic heterocycles. The van der Waals surface area contributed by atoms with Crippen molar-refractivity contribution in [2.75, 3.05) is 6.26 Å². The molecular weight excluding hydrogens is 276 g/mol. The molecule has 0 spiro atoms. The Balaban J connectivity index is 2.30. The van der Waals surface area contributed by atoms with Crippen LogP contribution < -0.4 is 0 Å². The minimum atomic E-state index is -3.11. The third-order valence-electron chi connectivity index (χ3n) is 4.20. The van der Waals surface area contributed by atoms with Crippen LogP contribution in [0.5, 0.6) is 0 Å². The van der Waals surface area contributed by atoms with Crippen LogP contribution >= 0.6 is 0 Å². The van der Waals surface area contributed by atoms with E-state index in [-0.39, 0.29) is 6.42 Å². The van der Waals surface area contributed by atoms with Gasteiger partial charge in [-0.1, -0.05) is 38.1 Å². The Hall–Kier alpha value is -1.36. The Morgan fingerprint density at radius 2 is 1.75 bits per heavy atom. The average molecular weight is 296 g/mol. The van der Waals surface area contributed by atoms with E-state index < -0.39 is 26.0 Å². The van der Waals surface area contributed by atoms with Crippen LogP contribution in [-0.4, -0.2) is 25.7 Å². The average Bonchev–Trinajstić information content (AvgIpc) is 3.07. The summed E-state index contributed by atoms with van der Waals surface area (Å²) in [4.78, 5) is 10.9. The van der Waals surface area contributed by atoms with E-state index in [2.05, 4.69) is 0 Å². The number of rotatable bonds is 5. The summed E-state index contributed by atoms with van der Waals surface area (Å²) >= 11 is 0. The molecule has 1 N–H and O–H groups in total. The maximum absolute atomic E-state index is 11.9. The fourth-order valence-corrected chi connectivity index (χ4v) is 4.10. The minimum Gasteiger partial charge on any atom is -0.481 e. The molecule has 0 atom stereocenters. The van der Waals surface area contributed by atoms with Gasteiger partial charge in [0, 0.05) is 11.7 Å². The third kappa shape index (κ3) is 2.59. The summed E-state index contributed by atoms with van der Waals surface area (Å²) in [6, 6.07) is 7.35. The van der Waals surface area contributed by atoms with Crippen molar-refractivity contribution < 1.29 is 18.3 Å². The molecule has 0 heterocycles. The van der Waals surface area contributed by atoms with Crippen LogP contribution in [0, 0.1) is 0 Å². The van der Waals surface area contributed by atoms with Gasteiger partial charge in [0.15, 0.2) is 9.84 Å². The molecule has 20 heavy (non-hydrogen) atoms. The highest BCUT2D eigenvalue weighted by Gasteiger charge is 2.53. The number of carboxylic acid groups (broad SMARTS) is 1. The molecule has 0 saturated heterocycles.